The summed E-state index contributed by atoms with van der Waals surface area (Å²) in [7, 11) is 0. The first-order chi connectivity index (χ1) is 8.34. The van der Waals surface area contributed by atoms with Crippen molar-refractivity contribution in [2.75, 3.05) is 0 Å². The topological polar surface area (TPSA) is 43.6 Å². The SMILES string of the molecule is Clc1cc(C2CCCC2)nn1-c1ncccn1. The largest absolute Gasteiger partial charge is 0.251 e. The Morgan fingerprint density at radius 3 is 2.59 bits per heavy atom. The van der Waals surface area contributed by atoms with Crippen LogP contribution in [0.3, 0.4) is 0 Å². The summed E-state index contributed by atoms with van der Waals surface area (Å²) in [5.74, 6) is 1.08. The second-order valence-corrected chi connectivity index (χ2v) is 4.72. The van der Waals surface area contributed by atoms with Crippen molar-refractivity contribution in [2.24, 2.45) is 0 Å². The molecule has 4 nitrogen and oxygen atoms in total. The number of hydrogen-bond acceptors (Lipinski definition) is 3. The second-order valence-electron chi connectivity index (χ2n) is 4.33. The molecule has 5 heteroatoms. The molecule has 2 aromatic heterocycles. The normalized spacial score (nSPS) is 16.5. The van der Waals surface area contributed by atoms with Gasteiger partial charge in [-0.05, 0) is 25.0 Å². The molecular formula is C12H13ClN4. The van der Waals surface area contributed by atoms with E-state index in [0.717, 1.165) is 5.69 Å². The molecule has 2 heterocycles. The Labute approximate surface area is 105 Å². The predicted octanol–water partition coefficient (Wildman–Crippen LogP) is 2.97. The summed E-state index contributed by atoms with van der Waals surface area (Å²) in [5.41, 5.74) is 1.07. The van der Waals surface area contributed by atoms with Gasteiger partial charge >= 0.3 is 0 Å². The van der Waals surface area contributed by atoms with Crippen molar-refractivity contribution in [1.82, 2.24) is 19.7 Å². The van der Waals surface area contributed by atoms with Crippen LogP contribution in [0.15, 0.2) is 24.5 Å². The van der Waals surface area contributed by atoms with Gasteiger partial charge in [-0.2, -0.15) is 9.78 Å². The van der Waals surface area contributed by atoms with Gasteiger partial charge in [0.05, 0.1) is 5.69 Å². The lowest BCUT2D eigenvalue weighted by Crippen LogP contribution is -2.03. The van der Waals surface area contributed by atoms with E-state index in [4.69, 9.17) is 11.6 Å². The molecule has 1 aliphatic carbocycles. The number of nitrogens with zero attached hydrogens (tertiary/aromatic N) is 4. The minimum Gasteiger partial charge on any atom is -0.220 e. The summed E-state index contributed by atoms with van der Waals surface area (Å²) >= 11 is 6.18. The average molecular weight is 249 g/mol. The fourth-order valence-corrected chi connectivity index (χ4v) is 2.56. The van der Waals surface area contributed by atoms with E-state index in [1.165, 1.54) is 25.7 Å². The predicted molar refractivity (Wildman–Crippen MR) is 65.4 cm³/mol. The van der Waals surface area contributed by atoms with Gasteiger partial charge in [-0.25, -0.2) is 9.97 Å². The van der Waals surface area contributed by atoms with E-state index < -0.39 is 0 Å². The van der Waals surface area contributed by atoms with Crippen LogP contribution in [0, 0.1) is 0 Å². The van der Waals surface area contributed by atoms with Crippen molar-refractivity contribution in [3.05, 3.63) is 35.4 Å². The Morgan fingerprint density at radius 2 is 1.88 bits per heavy atom. The van der Waals surface area contributed by atoms with Gasteiger partial charge < -0.3 is 0 Å². The molecular weight excluding hydrogens is 236 g/mol. The third-order valence-corrected chi connectivity index (χ3v) is 3.47. The van der Waals surface area contributed by atoms with Crippen LogP contribution in [0.4, 0.5) is 0 Å². The van der Waals surface area contributed by atoms with Gasteiger partial charge in [0.15, 0.2) is 0 Å². The van der Waals surface area contributed by atoms with Crippen molar-refractivity contribution in [1.29, 1.82) is 0 Å². The van der Waals surface area contributed by atoms with Crippen LogP contribution in [-0.4, -0.2) is 19.7 Å². The molecule has 3 rings (SSSR count). The Kier molecular flexibility index (Phi) is 2.81. The fraction of sp³-hybridized carbons (Fsp3) is 0.417. The van der Waals surface area contributed by atoms with Crippen molar-refractivity contribution >= 4 is 11.6 Å². The second kappa shape index (κ2) is 4.45. The molecule has 17 heavy (non-hydrogen) atoms. The zero-order chi connectivity index (χ0) is 11.7. The molecule has 1 aliphatic rings. The molecule has 1 saturated carbocycles. The van der Waals surface area contributed by atoms with Crippen LogP contribution in [0.25, 0.3) is 5.95 Å². The molecule has 0 radical (unpaired) electrons. The Morgan fingerprint density at radius 1 is 1.18 bits per heavy atom. The quantitative estimate of drug-likeness (QED) is 0.821. The van der Waals surface area contributed by atoms with E-state index in [1.807, 2.05) is 6.07 Å². The molecule has 0 atom stereocenters. The zero-order valence-corrected chi connectivity index (χ0v) is 10.1. The highest BCUT2D eigenvalue weighted by atomic mass is 35.5. The molecule has 0 N–H and O–H groups in total. The highest BCUT2D eigenvalue weighted by molar-refractivity contribution is 6.29. The summed E-state index contributed by atoms with van der Waals surface area (Å²) < 4.78 is 1.61. The van der Waals surface area contributed by atoms with Crippen LogP contribution in [0.2, 0.25) is 5.15 Å². The van der Waals surface area contributed by atoms with Crippen LogP contribution in [0.5, 0.6) is 0 Å². The highest BCUT2D eigenvalue weighted by Gasteiger charge is 2.21. The molecule has 0 spiro atoms. The van der Waals surface area contributed by atoms with Gasteiger partial charge in [-0.3, -0.25) is 0 Å². The van der Waals surface area contributed by atoms with E-state index in [0.29, 0.717) is 17.0 Å². The minimum absolute atomic E-state index is 0.529. The van der Waals surface area contributed by atoms with Crippen molar-refractivity contribution < 1.29 is 0 Å². The lowest BCUT2D eigenvalue weighted by molar-refractivity contribution is 0.671. The van der Waals surface area contributed by atoms with E-state index in [1.54, 1.807) is 23.1 Å². The monoisotopic (exact) mass is 248 g/mol. The Bertz CT molecular complexity index is 502. The van der Waals surface area contributed by atoms with Crippen LogP contribution < -0.4 is 0 Å². The molecule has 0 aliphatic heterocycles. The first-order valence-electron chi connectivity index (χ1n) is 5.87. The molecule has 0 aromatic carbocycles. The molecule has 1 fully saturated rings. The van der Waals surface area contributed by atoms with Crippen molar-refractivity contribution in [3.63, 3.8) is 0 Å². The molecule has 0 unspecified atom stereocenters. The summed E-state index contributed by atoms with van der Waals surface area (Å²) in [5, 5.41) is 5.10. The molecule has 0 saturated heterocycles. The standard InChI is InChI=1S/C12H13ClN4/c13-11-8-10(9-4-1-2-5-9)16-17(11)12-14-6-3-7-15-12/h3,6-9H,1-2,4-5H2. The summed E-state index contributed by atoms with van der Waals surface area (Å²) in [4.78, 5) is 8.31. The fourth-order valence-electron chi connectivity index (χ4n) is 2.34. The van der Waals surface area contributed by atoms with Gasteiger partial charge in [0, 0.05) is 18.3 Å². The van der Waals surface area contributed by atoms with E-state index in [9.17, 15) is 0 Å². The van der Waals surface area contributed by atoms with Gasteiger partial charge in [0.25, 0.3) is 5.95 Å². The molecule has 0 amide bonds. The highest BCUT2D eigenvalue weighted by Crippen LogP contribution is 2.34. The summed E-state index contributed by atoms with van der Waals surface area (Å²) in [6.07, 6.45) is 8.38. The lowest BCUT2D eigenvalue weighted by atomic mass is 10.1. The molecule has 0 bridgehead atoms. The van der Waals surface area contributed by atoms with Gasteiger partial charge in [0.2, 0.25) is 0 Å². The number of halogens is 1. The van der Waals surface area contributed by atoms with Crippen molar-refractivity contribution in [2.45, 2.75) is 31.6 Å². The van der Waals surface area contributed by atoms with Crippen LogP contribution >= 0.6 is 11.6 Å². The van der Waals surface area contributed by atoms with E-state index >= 15 is 0 Å². The molecule has 88 valence electrons. The number of hydrogen-bond donors (Lipinski definition) is 0. The first-order valence-corrected chi connectivity index (χ1v) is 6.25. The number of aromatic nitrogens is 4. The van der Waals surface area contributed by atoms with Crippen molar-refractivity contribution in [3.8, 4) is 5.95 Å². The lowest BCUT2D eigenvalue weighted by Gasteiger charge is -2.03. The van der Waals surface area contributed by atoms with E-state index in [2.05, 4.69) is 15.1 Å². The van der Waals surface area contributed by atoms with Gasteiger partial charge in [-0.15, -0.1) is 0 Å². The zero-order valence-electron chi connectivity index (χ0n) is 9.38. The summed E-state index contributed by atoms with van der Waals surface area (Å²) in [6.45, 7) is 0. The Hall–Kier alpha value is -1.42. The van der Waals surface area contributed by atoms with Crippen LogP contribution in [-0.2, 0) is 0 Å². The first kappa shape index (κ1) is 10.7. The Balaban J connectivity index is 1.96. The maximum atomic E-state index is 6.18. The molecule has 2 aromatic rings. The smallest absolute Gasteiger partial charge is 0.220 e. The summed E-state index contributed by atoms with van der Waals surface area (Å²) in [6, 6.07) is 3.71. The van der Waals surface area contributed by atoms with E-state index in [-0.39, 0.29) is 0 Å². The maximum Gasteiger partial charge on any atom is 0.251 e. The van der Waals surface area contributed by atoms with Gasteiger partial charge in [0.1, 0.15) is 5.15 Å². The van der Waals surface area contributed by atoms with Gasteiger partial charge in [-0.1, -0.05) is 24.4 Å². The third kappa shape index (κ3) is 2.05. The third-order valence-electron chi connectivity index (χ3n) is 3.20. The number of rotatable bonds is 2. The minimum atomic E-state index is 0.529. The van der Waals surface area contributed by atoms with Crippen LogP contribution in [0.1, 0.15) is 37.3 Å². The average Bonchev–Trinajstić information content (AvgIpc) is 2.99. The maximum absolute atomic E-state index is 6.18.